The number of carbonyl (C=O) groups is 1. The van der Waals surface area contributed by atoms with Crippen LogP contribution >= 0.6 is 0 Å². The second-order valence-electron chi connectivity index (χ2n) is 6.09. The Labute approximate surface area is 114 Å². The molecule has 1 saturated carbocycles. The third kappa shape index (κ3) is 3.35. The Morgan fingerprint density at radius 2 is 2.11 bits per heavy atom. The molecule has 2 rings (SSSR count). The lowest BCUT2D eigenvalue weighted by molar-refractivity contribution is -0.122. The van der Waals surface area contributed by atoms with Gasteiger partial charge in [-0.1, -0.05) is 44.2 Å². The van der Waals surface area contributed by atoms with Crippen molar-refractivity contribution in [1.82, 2.24) is 5.32 Å². The van der Waals surface area contributed by atoms with E-state index >= 15 is 0 Å². The highest BCUT2D eigenvalue weighted by Crippen LogP contribution is 2.37. The largest absolute Gasteiger partial charge is 0.352 e. The Bertz CT molecular complexity index is 487. The summed E-state index contributed by atoms with van der Waals surface area (Å²) in [5, 5.41) is 12.2. The average Bonchev–Trinajstić information content (AvgIpc) is 2.71. The molecule has 2 unspecified atom stereocenters. The smallest absolute Gasteiger partial charge is 0.242 e. The molecule has 1 amide bonds. The van der Waals surface area contributed by atoms with E-state index in [1.807, 2.05) is 30.3 Å². The Kier molecular flexibility index (Phi) is 3.90. The van der Waals surface area contributed by atoms with Crippen molar-refractivity contribution in [3.63, 3.8) is 0 Å². The first-order valence-corrected chi connectivity index (χ1v) is 6.77. The van der Waals surface area contributed by atoms with Crippen molar-refractivity contribution in [3.8, 4) is 6.07 Å². The minimum Gasteiger partial charge on any atom is -0.352 e. The summed E-state index contributed by atoms with van der Waals surface area (Å²) in [6, 6.07) is 11.6. The van der Waals surface area contributed by atoms with Crippen molar-refractivity contribution < 1.29 is 4.79 Å². The predicted molar refractivity (Wildman–Crippen MR) is 74.4 cm³/mol. The van der Waals surface area contributed by atoms with Crippen LogP contribution in [0.3, 0.4) is 0 Å². The number of hydrogen-bond acceptors (Lipinski definition) is 2. The molecule has 1 aromatic rings. The summed E-state index contributed by atoms with van der Waals surface area (Å²) >= 11 is 0. The number of carbonyl (C=O) groups excluding carboxylic acids is 1. The maximum absolute atomic E-state index is 12.2. The van der Waals surface area contributed by atoms with E-state index in [-0.39, 0.29) is 11.9 Å². The minimum atomic E-state index is -0.704. The third-order valence-electron chi connectivity index (χ3n) is 3.84. The molecule has 0 bridgehead atoms. The van der Waals surface area contributed by atoms with Crippen LogP contribution < -0.4 is 5.32 Å². The fourth-order valence-electron chi connectivity index (χ4n) is 2.77. The van der Waals surface area contributed by atoms with Crippen molar-refractivity contribution >= 4 is 5.91 Å². The molecule has 3 heteroatoms. The van der Waals surface area contributed by atoms with E-state index in [4.69, 9.17) is 0 Å². The van der Waals surface area contributed by atoms with E-state index in [1.54, 1.807) is 0 Å². The normalized spacial score (nSPS) is 22.5. The summed E-state index contributed by atoms with van der Waals surface area (Å²) < 4.78 is 0. The summed E-state index contributed by atoms with van der Waals surface area (Å²) in [5.74, 6) is -0.874. The first-order chi connectivity index (χ1) is 9.02. The van der Waals surface area contributed by atoms with Gasteiger partial charge in [0.25, 0.3) is 0 Å². The average molecular weight is 256 g/mol. The van der Waals surface area contributed by atoms with E-state index in [9.17, 15) is 10.1 Å². The van der Waals surface area contributed by atoms with Gasteiger partial charge in [0, 0.05) is 6.04 Å². The molecule has 0 heterocycles. The molecule has 0 saturated heterocycles. The second kappa shape index (κ2) is 5.44. The molecule has 1 aliphatic carbocycles. The summed E-state index contributed by atoms with van der Waals surface area (Å²) in [7, 11) is 0. The van der Waals surface area contributed by atoms with Crippen LogP contribution in [0, 0.1) is 16.7 Å². The van der Waals surface area contributed by atoms with Gasteiger partial charge in [-0.25, -0.2) is 0 Å². The lowest BCUT2D eigenvalue weighted by Crippen LogP contribution is -2.36. The third-order valence-corrected chi connectivity index (χ3v) is 3.84. The van der Waals surface area contributed by atoms with Gasteiger partial charge in [0.1, 0.15) is 5.92 Å². The van der Waals surface area contributed by atoms with Crippen LogP contribution in [0.2, 0.25) is 0 Å². The van der Waals surface area contributed by atoms with Crippen molar-refractivity contribution in [2.24, 2.45) is 5.41 Å². The number of nitrogens with one attached hydrogen (secondary N) is 1. The molecular weight excluding hydrogens is 236 g/mol. The number of benzene rings is 1. The number of hydrogen-bond donors (Lipinski definition) is 1. The molecule has 1 N–H and O–H groups in total. The molecule has 0 aromatic heterocycles. The fourth-order valence-corrected chi connectivity index (χ4v) is 2.77. The summed E-state index contributed by atoms with van der Waals surface area (Å²) in [6.07, 6.45) is 3.12. The van der Waals surface area contributed by atoms with Crippen LogP contribution in [0.25, 0.3) is 0 Å². The number of amides is 1. The van der Waals surface area contributed by atoms with Crippen LogP contribution in [0.15, 0.2) is 30.3 Å². The standard InChI is InChI=1S/C16H20N2O/c1-16(2)9-8-13(10-16)18-15(19)14(11-17)12-6-4-3-5-7-12/h3-7,13-14H,8-10H2,1-2H3,(H,18,19). The molecule has 2 atom stereocenters. The van der Waals surface area contributed by atoms with Gasteiger partial charge in [0.2, 0.25) is 5.91 Å². The van der Waals surface area contributed by atoms with Crippen LogP contribution in [-0.2, 0) is 4.79 Å². The predicted octanol–water partition coefficient (Wildman–Crippen LogP) is 2.99. The Morgan fingerprint density at radius 1 is 1.42 bits per heavy atom. The zero-order chi connectivity index (χ0) is 13.9. The molecule has 1 aliphatic rings. The van der Waals surface area contributed by atoms with Gasteiger partial charge in [0.15, 0.2) is 0 Å². The molecule has 19 heavy (non-hydrogen) atoms. The second-order valence-corrected chi connectivity index (χ2v) is 6.09. The first kappa shape index (κ1) is 13.6. The molecule has 0 radical (unpaired) electrons. The molecule has 1 fully saturated rings. The van der Waals surface area contributed by atoms with Crippen molar-refractivity contribution in [3.05, 3.63) is 35.9 Å². The lowest BCUT2D eigenvalue weighted by Gasteiger charge is -2.19. The Morgan fingerprint density at radius 3 is 2.63 bits per heavy atom. The van der Waals surface area contributed by atoms with Gasteiger partial charge in [0.05, 0.1) is 6.07 Å². The first-order valence-electron chi connectivity index (χ1n) is 6.77. The van der Waals surface area contributed by atoms with Crippen LogP contribution in [-0.4, -0.2) is 11.9 Å². The highest BCUT2D eigenvalue weighted by Gasteiger charge is 2.33. The molecular formula is C16H20N2O. The molecule has 0 spiro atoms. The molecule has 100 valence electrons. The van der Waals surface area contributed by atoms with Gasteiger partial charge in [-0.15, -0.1) is 0 Å². The van der Waals surface area contributed by atoms with Crippen LogP contribution in [0.1, 0.15) is 44.6 Å². The lowest BCUT2D eigenvalue weighted by atomic mass is 9.91. The van der Waals surface area contributed by atoms with Crippen LogP contribution in [0.4, 0.5) is 0 Å². The van der Waals surface area contributed by atoms with Crippen molar-refractivity contribution in [2.75, 3.05) is 0 Å². The number of nitrogens with zero attached hydrogens (tertiary/aromatic N) is 1. The van der Waals surface area contributed by atoms with Gasteiger partial charge in [-0.05, 0) is 30.2 Å². The monoisotopic (exact) mass is 256 g/mol. The van der Waals surface area contributed by atoms with Gasteiger partial charge in [-0.3, -0.25) is 4.79 Å². The fraction of sp³-hybridized carbons (Fsp3) is 0.500. The van der Waals surface area contributed by atoms with Gasteiger partial charge in [-0.2, -0.15) is 5.26 Å². The highest BCUT2D eigenvalue weighted by atomic mass is 16.1. The van der Waals surface area contributed by atoms with E-state index in [2.05, 4.69) is 25.2 Å². The molecule has 1 aromatic carbocycles. The zero-order valence-electron chi connectivity index (χ0n) is 11.5. The van der Waals surface area contributed by atoms with Crippen molar-refractivity contribution in [2.45, 2.75) is 45.1 Å². The summed E-state index contributed by atoms with van der Waals surface area (Å²) in [5.41, 5.74) is 1.06. The topological polar surface area (TPSA) is 52.9 Å². The Hall–Kier alpha value is -1.82. The number of rotatable bonds is 3. The molecule has 0 aliphatic heterocycles. The molecule has 3 nitrogen and oxygen atoms in total. The van der Waals surface area contributed by atoms with E-state index in [0.29, 0.717) is 5.41 Å². The van der Waals surface area contributed by atoms with Gasteiger partial charge >= 0.3 is 0 Å². The Balaban J connectivity index is 2.01. The van der Waals surface area contributed by atoms with Gasteiger partial charge < -0.3 is 5.32 Å². The summed E-state index contributed by atoms with van der Waals surface area (Å²) in [6.45, 7) is 4.44. The minimum absolute atomic E-state index is 0.170. The highest BCUT2D eigenvalue weighted by molar-refractivity contribution is 5.86. The van der Waals surface area contributed by atoms with E-state index < -0.39 is 5.92 Å². The quantitative estimate of drug-likeness (QED) is 0.903. The van der Waals surface area contributed by atoms with E-state index in [1.165, 1.54) is 0 Å². The zero-order valence-corrected chi connectivity index (χ0v) is 11.5. The van der Waals surface area contributed by atoms with Crippen LogP contribution in [0.5, 0.6) is 0 Å². The summed E-state index contributed by atoms with van der Waals surface area (Å²) in [4.78, 5) is 12.2. The van der Waals surface area contributed by atoms with E-state index in [0.717, 1.165) is 24.8 Å². The SMILES string of the molecule is CC1(C)CCC(NC(=O)C(C#N)c2ccccc2)C1. The number of nitriles is 1. The van der Waals surface area contributed by atoms with Crippen molar-refractivity contribution in [1.29, 1.82) is 5.26 Å². The maximum atomic E-state index is 12.2. The maximum Gasteiger partial charge on any atom is 0.242 e.